The van der Waals surface area contributed by atoms with Gasteiger partial charge in [0.05, 0.1) is 5.69 Å². The van der Waals surface area contributed by atoms with Crippen molar-refractivity contribution in [2.45, 2.75) is 25.3 Å². The van der Waals surface area contributed by atoms with E-state index < -0.39 is 0 Å². The van der Waals surface area contributed by atoms with Gasteiger partial charge in [-0.15, -0.1) is 11.3 Å². The Balaban J connectivity index is 1.93. The predicted octanol–water partition coefficient (Wildman–Crippen LogP) is 3.47. The molecule has 1 aromatic heterocycles. The lowest BCUT2D eigenvalue weighted by molar-refractivity contribution is 0.501. The molecule has 1 aliphatic carbocycles. The number of rotatable bonds is 3. The molecule has 1 N–H and O–H groups in total. The fourth-order valence-corrected chi connectivity index (χ4v) is 3.98. The Hall–Kier alpha value is -1.39. The molecule has 0 saturated carbocycles. The SMILES string of the molecule is CNC1CCCc2nc(-c3ccc(N(C)C)cc3)sc21. The van der Waals surface area contributed by atoms with Crippen molar-refractivity contribution in [1.82, 2.24) is 10.3 Å². The highest BCUT2D eigenvalue weighted by Crippen LogP contribution is 2.37. The summed E-state index contributed by atoms with van der Waals surface area (Å²) in [4.78, 5) is 8.41. The molecular formula is C16H21N3S. The highest BCUT2D eigenvalue weighted by Gasteiger charge is 2.23. The Bertz CT molecular complexity index is 586. The molecule has 4 heteroatoms. The van der Waals surface area contributed by atoms with E-state index >= 15 is 0 Å². The van der Waals surface area contributed by atoms with Crippen LogP contribution in [-0.4, -0.2) is 26.1 Å². The largest absolute Gasteiger partial charge is 0.378 e. The van der Waals surface area contributed by atoms with Crippen molar-refractivity contribution in [1.29, 1.82) is 0 Å². The van der Waals surface area contributed by atoms with Crippen molar-refractivity contribution in [3.63, 3.8) is 0 Å². The molecular weight excluding hydrogens is 266 g/mol. The fourth-order valence-electron chi connectivity index (χ4n) is 2.72. The Labute approximate surface area is 124 Å². The lowest BCUT2D eigenvalue weighted by Crippen LogP contribution is -2.19. The van der Waals surface area contributed by atoms with E-state index in [0.29, 0.717) is 6.04 Å². The van der Waals surface area contributed by atoms with Gasteiger partial charge < -0.3 is 10.2 Å². The molecule has 0 aliphatic heterocycles. The Morgan fingerprint density at radius 2 is 2.00 bits per heavy atom. The van der Waals surface area contributed by atoms with Gasteiger partial charge in [-0.1, -0.05) is 0 Å². The normalized spacial score (nSPS) is 17.9. The average Bonchev–Trinajstić information content (AvgIpc) is 2.91. The molecule has 3 rings (SSSR count). The minimum Gasteiger partial charge on any atom is -0.378 e. The summed E-state index contributed by atoms with van der Waals surface area (Å²) in [5, 5.41) is 4.57. The molecule has 3 nitrogen and oxygen atoms in total. The number of nitrogens with zero attached hydrogens (tertiary/aromatic N) is 2. The summed E-state index contributed by atoms with van der Waals surface area (Å²) in [6, 6.07) is 9.16. The molecule has 20 heavy (non-hydrogen) atoms. The second-order valence-electron chi connectivity index (χ2n) is 5.50. The standard InChI is InChI=1S/C16H21N3S/c1-17-13-5-4-6-14-15(13)20-16(18-14)11-7-9-12(10-8-11)19(2)3/h7-10,13,17H,4-6H2,1-3H3. The van der Waals surface area contributed by atoms with Crippen LogP contribution in [0.1, 0.15) is 29.5 Å². The van der Waals surface area contributed by atoms with Crippen LogP contribution >= 0.6 is 11.3 Å². The minimum absolute atomic E-state index is 0.492. The Morgan fingerprint density at radius 1 is 1.25 bits per heavy atom. The summed E-state index contributed by atoms with van der Waals surface area (Å²) < 4.78 is 0. The smallest absolute Gasteiger partial charge is 0.123 e. The van der Waals surface area contributed by atoms with Crippen molar-refractivity contribution in [2.75, 3.05) is 26.0 Å². The first kappa shape index (κ1) is 13.6. The maximum atomic E-state index is 4.86. The van der Waals surface area contributed by atoms with Crippen molar-refractivity contribution < 1.29 is 0 Å². The molecule has 0 radical (unpaired) electrons. The van der Waals surface area contributed by atoms with Crippen LogP contribution in [0.3, 0.4) is 0 Å². The van der Waals surface area contributed by atoms with Gasteiger partial charge in [0.2, 0.25) is 0 Å². The molecule has 1 atom stereocenters. The van der Waals surface area contributed by atoms with E-state index in [9.17, 15) is 0 Å². The van der Waals surface area contributed by atoms with Crippen LogP contribution in [0.4, 0.5) is 5.69 Å². The zero-order valence-corrected chi connectivity index (χ0v) is 13.1. The van der Waals surface area contributed by atoms with Gasteiger partial charge in [0.25, 0.3) is 0 Å². The molecule has 106 valence electrons. The van der Waals surface area contributed by atoms with Crippen molar-refractivity contribution in [2.24, 2.45) is 0 Å². The summed E-state index contributed by atoms with van der Waals surface area (Å²) >= 11 is 1.85. The molecule has 1 heterocycles. The summed E-state index contributed by atoms with van der Waals surface area (Å²) in [5.74, 6) is 0. The number of anilines is 1. The summed E-state index contributed by atoms with van der Waals surface area (Å²) in [6.07, 6.45) is 3.59. The van der Waals surface area contributed by atoms with E-state index in [1.807, 2.05) is 18.4 Å². The first-order valence-corrected chi connectivity index (χ1v) is 7.95. The van der Waals surface area contributed by atoms with E-state index in [1.54, 1.807) is 0 Å². The van der Waals surface area contributed by atoms with Crippen LogP contribution in [0.15, 0.2) is 24.3 Å². The van der Waals surface area contributed by atoms with Gasteiger partial charge >= 0.3 is 0 Å². The Morgan fingerprint density at radius 3 is 2.65 bits per heavy atom. The van der Waals surface area contributed by atoms with Crippen LogP contribution in [0.2, 0.25) is 0 Å². The maximum absolute atomic E-state index is 4.86. The van der Waals surface area contributed by atoms with Crippen LogP contribution in [-0.2, 0) is 6.42 Å². The van der Waals surface area contributed by atoms with E-state index in [0.717, 1.165) is 11.4 Å². The van der Waals surface area contributed by atoms with Crippen LogP contribution in [0.5, 0.6) is 0 Å². The van der Waals surface area contributed by atoms with E-state index in [2.05, 4.69) is 48.6 Å². The second kappa shape index (κ2) is 5.54. The van der Waals surface area contributed by atoms with Crippen LogP contribution in [0.25, 0.3) is 10.6 Å². The first-order valence-electron chi connectivity index (χ1n) is 7.13. The number of hydrogen-bond acceptors (Lipinski definition) is 4. The van der Waals surface area contributed by atoms with E-state index in [1.165, 1.54) is 34.7 Å². The van der Waals surface area contributed by atoms with Crippen LogP contribution in [0, 0.1) is 0 Å². The fraction of sp³-hybridized carbons (Fsp3) is 0.438. The summed E-state index contributed by atoms with van der Waals surface area (Å²) in [6.45, 7) is 0. The molecule has 0 bridgehead atoms. The highest BCUT2D eigenvalue weighted by atomic mass is 32.1. The summed E-state index contributed by atoms with van der Waals surface area (Å²) in [7, 11) is 6.17. The molecule has 0 spiro atoms. The number of benzene rings is 1. The molecule has 1 aromatic carbocycles. The maximum Gasteiger partial charge on any atom is 0.123 e. The van der Waals surface area contributed by atoms with Gasteiger partial charge in [-0.25, -0.2) is 4.98 Å². The molecule has 0 amide bonds. The van der Waals surface area contributed by atoms with Crippen molar-refractivity contribution >= 4 is 17.0 Å². The minimum atomic E-state index is 0.492. The van der Waals surface area contributed by atoms with Crippen molar-refractivity contribution in [3.8, 4) is 10.6 Å². The molecule has 0 fully saturated rings. The second-order valence-corrected chi connectivity index (χ2v) is 6.54. The van der Waals surface area contributed by atoms with Crippen molar-refractivity contribution in [3.05, 3.63) is 34.8 Å². The number of fused-ring (bicyclic) bond motifs is 1. The van der Waals surface area contributed by atoms with Gasteiger partial charge in [-0.3, -0.25) is 0 Å². The number of aryl methyl sites for hydroxylation is 1. The monoisotopic (exact) mass is 287 g/mol. The zero-order valence-electron chi connectivity index (χ0n) is 12.3. The first-order chi connectivity index (χ1) is 9.69. The van der Waals surface area contributed by atoms with Gasteiger partial charge in [0.1, 0.15) is 5.01 Å². The number of nitrogens with one attached hydrogen (secondary N) is 1. The van der Waals surface area contributed by atoms with E-state index in [4.69, 9.17) is 4.98 Å². The van der Waals surface area contributed by atoms with Crippen LogP contribution < -0.4 is 10.2 Å². The number of aromatic nitrogens is 1. The number of hydrogen-bond donors (Lipinski definition) is 1. The number of thiazole rings is 1. The third kappa shape index (κ3) is 2.45. The highest BCUT2D eigenvalue weighted by molar-refractivity contribution is 7.15. The van der Waals surface area contributed by atoms with Gasteiger partial charge in [0.15, 0.2) is 0 Å². The van der Waals surface area contributed by atoms with E-state index in [-0.39, 0.29) is 0 Å². The van der Waals surface area contributed by atoms with Gasteiger partial charge in [-0.2, -0.15) is 0 Å². The quantitative estimate of drug-likeness (QED) is 0.937. The third-order valence-electron chi connectivity index (χ3n) is 3.93. The molecule has 0 saturated heterocycles. The lowest BCUT2D eigenvalue weighted by Gasteiger charge is -2.19. The topological polar surface area (TPSA) is 28.2 Å². The van der Waals surface area contributed by atoms with Gasteiger partial charge in [-0.05, 0) is 50.6 Å². The molecule has 1 aliphatic rings. The molecule has 2 aromatic rings. The average molecular weight is 287 g/mol. The predicted molar refractivity (Wildman–Crippen MR) is 86.6 cm³/mol. The third-order valence-corrected chi connectivity index (χ3v) is 5.19. The van der Waals surface area contributed by atoms with Gasteiger partial charge in [0, 0.05) is 36.3 Å². The summed E-state index contributed by atoms with van der Waals surface area (Å²) in [5.41, 5.74) is 3.75. The lowest BCUT2D eigenvalue weighted by atomic mass is 9.98. The Kier molecular flexibility index (Phi) is 3.76. The molecule has 1 unspecified atom stereocenters. The zero-order chi connectivity index (χ0) is 14.1.